The van der Waals surface area contributed by atoms with Crippen molar-refractivity contribution in [1.29, 1.82) is 0 Å². The Morgan fingerprint density at radius 1 is 1.35 bits per heavy atom. The van der Waals surface area contributed by atoms with Crippen LogP contribution in [0.25, 0.3) is 0 Å². The third-order valence-corrected chi connectivity index (χ3v) is 2.32. The topological polar surface area (TPSA) is 117 Å². The van der Waals surface area contributed by atoms with Gasteiger partial charge in [-0.2, -0.15) is 0 Å². The Labute approximate surface area is 97.0 Å². The lowest BCUT2D eigenvalue weighted by atomic mass is 10.1. The van der Waals surface area contributed by atoms with E-state index in [2.05, 4.69) is 9.98 Å². The standard InChI is InChI=1S/C10H11N5O2/c11-10-13-5-15(12)8(14-10)6-1-3-7(4-2-6)9(16)17/h1-5,8H,12H2,(H2,11,14)(H,16,17). The molecule has 1 aliphatic heterocycles. The van der Waals surface area contributed by atoms with Gasteiger partial charge in [0.2, 0.25) is 5.96 Å². The lowest BCUT2D eigenvalue weighted by molar-refractivity contribution is 0.0697. The van der Waals surface area contributed by atoms with Crippen LogP contribution in [0.5, 0.6) is 0 Å². The van der Waals surface area contributed by atoms with E-state index >= 15 is 0 Å². The molecule has 1 atom stereocenters. The first-order valence-corrected chi connectivity index (χ1v) is 4.81. The predicted octanol–water partition coefficient (Wildman–Crippen LogP) is -0.0843. The Bertz CT molecular complexity index is 494. The Morgan fingerprint density at radius 3 is 2.59 bits per heavy atom. The number of benzene rings is 1. The minimum Gasteiger partial charge on any atom is -0.478 e. The van der Waals surface area contributed by atoms with Crippen LogP contribution in [0.2, 0.25) is 0 Å². The number of rotatable bonds is 2. The van der Waals surface area contributed by atoms with E-state index in [9.17, 15) is 4.79 Å². The van der Waals surface area contributed by atoms with Crippen molar-refractivity contribution < 1.29 is 9.90 Å². The number of hydrogen-bond acceptors (Lipinski definition) is 6. The number of aliphatic imine (C=N–C) groups is 2. The van der Waals surface area contributed by atoms with E-state index in [1.54, 1.807) is 12.1 Å². The summed E-state index contributed by atoms with van der Waals surface area (Å²) < 4.78 is 0. The zero-order chi connectivity index (χ0) is 12.4. The Hall–Kier alpha value is -2.41. The highest BCUT2D eigenvalue weighted by atomic mass is 16.4. The Kier molecular flexibility index (Phi) is 2.75. The van der Waals surface area contributed by atoms with Gasteiger partial charge in [0.1, 0.15) is 6.34 Å². The van der Waals surface area contributed by atoms with E-state index in [0.717, 1.165) is 5.56 Å². The maximum Gasteiger partial charge on any atom is 0.335 e. The Balaban J connectivity index is 2.28. The molecule has 1 aromatic carbocycles. The summed E-state index contributed by atoms with van der Waals surface area (Å²) in [7, 11) is 0. The van der Waals surface area contributed by atoms with E-state index < -0.39 is 12.1 Å². The maximum absolute atomic E-state index is 10.7. The van der Waals surface area contributed by atoms with Gasteiger partial charge in [0.15, 0.2) is 6.17 Å². The van der Waals surface area contributed by atoms with Crippen LogP contribution in [0.1, 0.15) is 22.1 Å². The van der Waals surface area contributed by atoms with Crippen LogP contribution in [0, 0.1) is 0 Å². The molecule has 0 fully saturated rings. The van der Waals surface area contributed by atoms with Crippen molar-refractivity contribution in [1.82, 2.24) is 5.01 Å². The average Bonchev–Trinajstić information content (AvgIpc) is 2.32. The third kappa shape index (κ3) is 2.23. The fraction of sp³-hybridized carbons (Fsp3) is 0.100. The summed E-state index contributed by atoms with van der Waals surface area (Å²) in [6, 6.07) is 6.26. The molecule has 2 rings (SSSR count). The minimum atomic E-state index is -0.977. The first-order chi connectivity index (χ1) is 8.08. The van der Waals surface area contributed by atoms with Gasteiger partial charge in [0.05, 0.1) is 5.56 Å². The number of nitrogens with two attached hydrogens (primary N) is 2. The smallest absolute Gasteiger partial charge is 0.335 e. The number of carboxylic acids is 1. The van der Waals surface area contributed by atoms with Crippen molar-refractivity contribution in [2.45, 2.75) is 6.17 Å². The summed E-state index contributed by atoms with van der Waals surface area (Å²) in [4.78, 5) is 18.5. The van der Waals surface area contributed by atoms with Crippen LogP contribution in [0.4, 0.5) is 0 Å². The monoisotopic (exact) mass is 233 g/mol. The second-order valence-electron chi connectivity index (χ2n) is 3.48. The molecule has 1 unspecified atom stereocenters. The lowest BCUT2D eigenvalue weighted by Crippen LogP contribution is -2.37. The van der Waals surface area contributed by atoms with Crippen molar-refractivity contribution in [2.75, 3.05) is 0 Å². The average molecular weight is 233 g/mol. The number of hydrogen-bond donors (Lipinski definition) is 3. The molecule has 0 radical (unpaired) electrons. The molecule has 0 saturated carbocycles. The summed E-state index contributed by atoms with van der Waals surface area (Å²) in [5.74, 6) is 4.84. The maximum atomic E-state index is 10.7. The zero-order valence-corrected chi connectivity index (χ0v) is 8.82. The molecule has 0 amide bonds. The summed E-state index contributed by atoms with van der Waals surface area (Å²) in [5.41, 5.74) is 6.43. The first-order valence-electron chi connectivity index (χ1n) is 4.81. The predicted molar refractivity (Wildman–Crippen MR) is 62.3 cm³/mol. The molecule has 0 bridgehead atoms. The van der Waals surface area contributed by atoms with Gasteiger partial charge in [-0.3, -0.25) is 5.01 Å². The van der Waals surface area contributed by atoms with Crippen LogP contribution in [0.3, 0.4) is 0 Å². The molecule has 0 saturated heterocycles. The zero-order valence-electron chi connectivity index (χ0n) is 8.82. The molecule has 7 nitrogen and oxygen atoms in total. The normalized spacial score (nSPS) is 19.0. The summed E-state index contributed by atoms with van der Waals surface area (Å²) in [6.07, 6.45) is 0.897. The van der Waals surface area contributed by atoms with Gasteiger partial charge in [-0.1, -0.05) is 12.1 Å². The molecule has 0 spiro atoms. The van der Waals surface area contributed by atoms with Gasteiger partial charge in [-0.05, 0) is 17.7 Å². The lowest BCUT2D eigenvalue weighted by Gasteiger charge is -2.24. The van der Waals surface area contributed by atoms with E-state index in [1.807, 2.05) is 0 Å². The van der Waals surface area contributed by atoms with Crippen LogP contribution in [-0.4, -0.2) is 28.4 Å². The molecule has 1 heterocycles. The molecule has 0 aromatic heterocycles. The van der Waals surface area contributed by atoms with Crippen molar-refractivity contribution in [3.63, 3.8) is 0 Å². The summed E-state index contributed by atoms with van der Waals surface area (Å²) in [6.45, 7) is 0. The van der Waals surface area contributed by atoms with Crippen molar-refractivity contribution in [3.05, 3.63) is 35.4 Å². The third-order valence-electron chi connectivity index (χ3n) is 2.32. The van der Waals surface area contributed by atoms with Crippen molar-refractivity contribution >= 4 is 18.3 Å². The van der Waals surface area contributed by atoms with Gasteiger partial charge in [-0.25, -0.2) is 20.6 Å². The van der Waals surface area contributed by atoms with Crippen LogP contribution in [0.15, 0.2) is 34.3 Å². The van der Waals surface area contributed by atoms with Gasteiger partial charge in [0, 0.05) is 0 Å². The second-order valence-corrected chi connectivity index (χ2v) is 3.48. The van der Waals surface area contributed by atoms with Crippen molar-refractivity contribution in [3.8, 4) is 0 Å². The molecule has 7 heteroatoms. The number of aromatic carboxylic acids is 1. The molecular weight excluding hydrogens is 222 g/mol. The van der Waals surface area contributed by atoms with Gasteiger partial charge >= 0.3 is 5.97 Å². The number of guanidine groups is 1. The van der Waals surface area contributed by atoms with E-state index in [1.165, 1.54) is 23.5 Å². The molecule has 1 aliphatic rings. The van der Waals surface area contributed by atoms with Crippen LogP contribution < -0.4 is 11.6 Å². The number of hydrazine groups is 1. The second kappa shape index (κ2) is 4.22. The molecule has 17 heavy (non-hydrogen) atoms. The van der Waals surface area contributed by atoms with E-state index in [0.29, 0.717) is 0 Å². The minimum absolute atomic E-state index is 0.138. The molecule has 1 aromatic rings. The fourth-order valence-corrected chi connectivity index (χ4v) is 1.46. The molecular formula is C10H11N5O2. The molecule has 88 valence electrons. The highest BCUT2D eigenvalue weighted by molar-refractivity contribution is 5.88. The largest absolute Gasteiger partial charge is 0.478 e. The Morgan fingerprint density at radius 2 is 2.00 bits per heavy atom. The van der Waals surface area contributed by atoms with Gasteiger partial charge in [0.25, 0.3) is 0 Å². The van der Waals surface area contributed by atoms with Crippen molar-refractivity contribution in [2.24, 2.45) is 21.6 Å². The van der Waals surface area contributed by atoms with Crippen LogP contribution in [-0.2, 0) is 0 Å². The van der Waals surface area contributed by atoms with E-state index in [4.69, 9.17) is 16.7 Å². The van der Waals surface area contributed by atoms with E-state index in [-0.39, 0.29) is 11.5 Å². The molecule has 5 N–H and O–H groups in total. The van der Waals surface area contributed by atoms with Gasteiger partial charge in [-0.15, -0.1) is 0 Å². The fourth-order valence-electron chi connectivity index (χ4n) is 1.46. The SMILES string of the molecule is NC1=NC(c2ccc(C(=O)O)cc2)N(N)C=N1. The highest BCUT2D eigenvalue weighted by Crippen LogP contribution is 2.21. The highest BCUT2D eigenvalue weighted by Gasteiger charge is 2.18. The number of carbonyl (C=O) groups is 1. The summed E-state index contributed by atoms with van der Waals surface area (Å²) in [5, 5.41) is 10.1. The van der Waals surface area contributed by atoms with Crippen LogP contribution >= 0.6 is 0 Å². The van der Waals surface area contributed by atoms with Gasteiger partial charge < -0.3 is 10.8 Å². The number of carboxylic acid groups (broad SMARTS) is 1. The number of nitrogens with zero attached hydrogens (tertiary/aromatic N) is 3. The quantitative estimate of drug-likeness (QED) is 0.617. The molecule has 0 aliphatic carbocycles. The first kappa shape index (κ1) is 11.1. The summed E-state index contributed by atoms with van der Waals surface area (Å²) >= 11 is 0.